The number of hydrogen-bond donors (Lipinski definition) is 3. The lowest BCUT2D eigenvalue weighted by atomic mass is 9.87. The maximum absolute atomic E-state index is 10.6. The van der Waals surface area contributed by atoms with Gasteiger partial charge in [-0.05, 0) is 6.92 Å². The van der Waals surface area contributed by atoms with Gasteiger partial charge in [0.2, 0.25) is 0 Å². The maximum Gasteiger partial charge on any atom is 0.305 e. The topological polar surface area (TPSA) is 61.4 Å². The van der Waals surface area contributed by atoms with Gasteiger partial charge in [0.05, 0.1) is 12.0 Å². The van der Waals surface area contributed by atoms with Crippen LogP contribution in [0.2, 0.25) is 0 Å². The summed E-state index contributed by atoms with van der Waals surface area (Å²) < 4.78 is 0. The van der Waals surface area contributed by atoms with Gasteiger partial charge >= 0.3 is 5.97 Å². The van der Waals surface area contributed by atoms with E-state index in [1.54, 1.807) is 6.08 Å². The van der Waals surface area contributed by atoms with E-state index in [1.807, 2.05) is 6.92 Å². The van der Waals surface area contributed by atoms with Crippen molar-refractivity contribution in [1.29, 1.82) is 0 Å². The van der Waals surface area contributed by atoms with Gasteiger partial charge in [-0.25, -0.2) is 0 Å². The predicted octanol–water partition coefficient (Wildman–Crippen LogP) is -0.0328. The van der Waals surface area contributed by atoms with E-state index in [4.69, 9.17) is 5.11 Å². The first-order chi connectivity index (χ1) is 6.08. The van der Waals surface area contributed by atoms with Crippen LogP contribution in [0.5, 0.6) is 0 Å². The van der Waals surface area contributed by atoms with Crippen molar-refractivity contribution >= 4 is 5.97 Å². The highest BCUT2D eigenvalue weighted by molar-refractivity contribution is 5.68. The highest BCUT2D eigenvalue weighted by atomic mass is 16.4. The number of aliphatic carboxylic acids is 1. The Morgan fingerprint density at radius 3 is 2.77 bits per heavy atom. The van der Waals surface area contributed by atoms with Crippen LogP contribution in [0.1, 0.15) is 13.3 Å². The Labute approximate surface area is 78.0 Å². The minimum atomic E-state index is -0.759. The number of carboxylic acids is 1. The summed E-state index contributed by atoms with van der Waals surface area (Å²) in [6.07, 6.45) is 1.94. The van der Waals surface area contributed by atoms with Gasteiger partial charge in [-0.15, -0.1) is 6.58 Å². The van der Waals surface area contributed by atoms with Crippen molar-refractivity contribution in [2.45, 2.75) is 24.9 Å². The van der Waals surface area contributed by atoms with Gasteiger partial charge in [0, 0.05) is 19.1 Å². The van der Waals surface area contributed by atoms with Crippen LogP contribution in [0, 0.1) is 0 Å². The SMILES string of the molecule is C=CC(C)NC1(CC(=O)O)CNC1. The second-order valence-electron chi connectivity index (χ2n) is 3.62. The molecule has 0 aromatic carbocycles. The molecule has 1 fully saturated rings. The van der Waals surface area contributed by atoms with E-state index in [1.165, 1.54) is 0 Å². The molecule has 74 valence electrons. The van der Waals surface area contributed by atoms with E-state index in [-0.39, 0.29) is 18.0 Å². The standard InChI is InChI=1S/C9H16N2O2/c1-3-7(2)11-9(4-8(12)13)5-10-6-9/h3,7,10-11H,1,4-6H2,2H3,(H,12,13). The first-order valence-electron chi connectivity index (χ1n) is 4.41. The van der Waals surface area contributed by atoms with E-state index < -0.39 is 5.97 Å². The molecule has 1 aliphatic rings. The third kappa shape index (κ3) is 2.54. The molecule has 1 heterocycles. The van der Waals surface area contributed by atoms with Gasteiger partial charge in [-0.2, -0.15) is 0 Å². The largest absolute Gasteiger partial charge is 0.481 e. The molecular formula is C9H16N2O2. The lowest BCUT2D eigenvalue weighted by Crippen LogP contribution is -2.69. The molecule has 0 aromatic rings. The molecule has 0 aliphatic carbocycles. The van der Waals surface area contributed by atoms with Gasteiger partial charge in [0.15, 0.2) is 0 Å². The first-order valence-corrected chi connectivity index (χ1v) is 4.41. The quantitative estimate of drug-likeness (QED) is 0.525. The van der Waals surface area contributed by atoms with Crippen LogP contribution in [0.25, 0.3) is 0 Å². The Balaban J connectivity index is 2.49. The van der Waals surface area contributed by atoms with Crippen molar-refractivity contribution in [3.05, 3.63) is 12.7 Å². The van der Waals surface area contributed by atoms with Crippen molar-refractivity contribution in [2.75, 3.05) is 13.1 Å². The fraction of sp³-hybridized carbons (Fsp3) is 0.667. The van der Waals surface area contributed by atoms with E-state index in [0.717, 1.165) is 13.1 Å². The fourth-order valence-corrected chi connectivity index (χ4v) is 1.54. The summed E-state index contributed by atoms with van der Waals surface area (Å²) in [4.78, 5) is 10.6. The van der Waals surface area contributed by atoms with Crippen molar-refractivity contribution in [1.82, 2.24) is 10.6 Å². The van der Waals surface area contributed by atoms with E-state index >= 15 is 0 Å². The monoisotopic (exact) mass is 184 g/mol. The summed E-state index contributed by atoms with van der Waals surface area (Å²) >= 11 is 0. The minimum Gasteiger partial charge on any atom is -0.481 e. The Hall–Kier alpha value is -0.870. The van der Waals surface area contributed by atoms with Crippen molar-refractivity contribution in [3.8, 4) is 0 Å². The van der Waals surface area contributed by atoms with Crippen LogP contribution in [0.3, 0.4) is 0 Å². The average Bonchev–Trinajstić information content (AvgIpc) is 1.99. The molecule has 0 amide bonds. The van der Waals surface area contributed by atoms with Crippen LogP contribution in [0.4, 0.5) is 0 Å². The van der Waals surface area contributed by atoms with E-state index in [9.17, 15) is 4.79 Å². The van der Waals surface area contributed by atoms with Crippen LogP contribution in [0.15, 0.2) is 12.7 Å². The van der Waals surface area contributed by atoms with Crippen LogP contribution < -0.4 is 10.6 Å². The van der Waals surface area contributed by atoms with Gasteiger partial charge < -0.3 is 15.7 Å². The van der Waals surface area contributed by atoms with Crippen molar-refractivity contribution < 1.29 is 9.90 Å². The Bertz CT molecular complexity index is 212. The molecule has 0 bridgehead atoms. The number of carboxylic acid groups (broad SMARTS) is 1. The number of carbonyl (C=O) groups is 1. The second-order valence-corrected chi connectivity index (χ2v) is 3.62. The molecule has 13 heavy (non-hydrogen) atoms. The van der Waals surface area contributed by atoms with Crippen LogP contribution in [-0.4, -0.2) is 35.7 Å². The molecule has 0 spiro atoms. The van der Waals surface area contributed by atoms with Gasteiger partial charge in [-0.1, -0.05) is 6.08 Å². The third-order valence-electron chi connectivity index (χ3n) is 2.30. The predicted molar refractivity (Wildman–Crippen MR) is 50.6 cm³/mol. The van der Waals surface area contributed by atoms with E-state index in [2.05, 4.69) is 17.2 Å². The molecule has 0 aromatic heterocycles. The summed E-state index contributed by atoms with van der Waals surface area (Å²) in [6.45, 7) is 7.06. The Morgan fingerprint density at radius 1 is 1.85 bits per heavy atom. The lowest BCUT2D eigenvalue weighted by Gasteiger charge is -2.43. The molecule has 0 radical (unpaired) electrons. The maximum atomic E-state index is 10.6. The lowest BCUT2D eigenvalue weighted by molar-refractivity contribution is -0.139. The van der Waals surface area contributed by atoms with Gasteiger partial charge in [0.25, 0.3) is 0 Å². The zero-order valence-electron chi connectivity index (χ0n) is 7.84. The second kappa shape index (κ2) is 3.89. The molecule has 1 atom stereocenters. The molecule has 4 nitrogen and oxygen atoms in total. The smallest absolute Gasteiger partial charge is 0.305 e. The minimum absolute atomic E-state index is 0.154. The highest BCUT2D eigenvalue weighted by Crippen LogP contribution is 2.16. The molecule has 1 unspecified atom stereocenters. The average molecular weight is 184 g/mol. The van der Waals surface area contributed by atoms with Crippen molar-refractivity contribution in [3.63, 3.8) is 0 Å². The zero-order valence-corrected chi connectivity index (χ0v) is 7.84. The first kappa shape index (κ1) is 10.2. The molecule has 1 rings (SSSR count). The zero-order chi connectivity index (χ0) is 9.90. The van der Waals surface area contributed by atoms with Crippen LogP contribution in [-0.2, 0) is 4.79 Å². The van der Waals surface area contributed by atoms with Gasteiger partial charge in [0.1, 0.15) is 0 Å². The number of nitrogens with one attached hydrogen (secondary N) is 2. The summed E-state index contributed by atoms with van der Waals surface area (Å²) in [5.41, 5.74) is -0.264. The Morgan fingerprint density at radius 2 is 2.46 bits per heavy atom. The summed E-state index contributed by atoms with van der Waals surface area (Å²) in [5, 5.41) is 15.0. The molecule has 4 heteroatoms. The van der Waals surface area contributed by atoms with Gasteiger partial charge in [-0.3, -0.25) is 4.79 Å². The summed E-state index contributed by atoms with van der Waals surface area (Å²) in [5.74, 6) is -0.759. The third-order valence-corrected chi connectivity index (χ3v) is 2.30. The summed E-state index contributed by atoms with van der Waals surface area (Å²) in [7, 11) is 0. The molecular weight excluding hydrogens is 168 g/mol. The van der Waals surface area contributed by atoms with E-state index in [0.29, 0.717) is 0 Å². The number of hydrogen-bond acceptors (Lipinski definition) is 3. The fourth-order valence-electron chi connectivity index (χ4n) is 1.54. The van der Waals surface area contributed by atoms with Crippen LogP contribution >= 0.6 is 0 Å². The molecule has 0 saturated carbocycles. The van der Waals surface area contributed by atoms with Crippen molar-refractivity contribution in [2.24, 2.45) is 0 Å². The summed E-state index contributed by atoms with van der Waals surface area (Å²) in [6, 6.07) is 0.154. The number of rotatable bonds is 5. The Kier molecular flexibility index (Phi) is 3.06. The molecule has 1 saturated heterocycles. The molecule has 1 aliphatic heterocycles. The highest BCUT2D eigenvalue weighted by Gasteiger charge is 2.39. The normalized spacial score (nSPS) is 21.6. The molecule has 3 N–H and O–H groups in total.